The number of hydrogen-bond acceptors (Lipinski definition) is 6. The summed E-state index contributed by atoms with van der Waals surface area (Å²) in [6, 6.07) is 7.36. The summed E-state index contributed by atoms with van der Waals surface area (Å²) in [7, 11) is 0. The molecule has 5 rings (SSSR count). The second-order valence-corrected chi connectivity index (χ2v) is 10.4. The summed E-state index contributed by atoms with van der Waals surface area (Å²) in [5.74, 6) is 1.63. The summed E-state index contributed by atoms with van der Waals surface area (Å²) >= 11 is 0. The summed E-state index contributed by atoms with van der Waals surface area (Å²) < 4.78 is 13.3. The molecule has 2 saturated carbocycles. The van der Waals surface area contributed by atoms with Gasteiger partial charge in [0.05, 0.1) is 6.10 Å². The van der Waals surface area contributed by atoms with E-state index in [0.717, 1.165) is 69.2 Å². The predicted octanol–water partition coefficient (Wildman–Crippen LogP) is 5.59. The van der Waals surface area contributed by atoms with Crippen molar-refractivity contribution >= 4 is 17.5 Å². The highest BCUT2D eigenvalue weighted by Gasteiger charge is 2.29. The lowest BCUT2D eigenvalue weighted by Gasteiger charge is -2.39. The van der Waals surface area contributed by atoms with Crippen LogP contribution in [-0.2, 0) is 0 Å². The van der Waals surface area contributed by atoms with Gasteiger partial charge in [-0.05, 0) is 94.6 Å². The molecule has 0 atom stereocenters. The van der Waals surface area contributed by atoms with E-state index in [9.17, 15) is 9.50 Å². The summed E-state index contributed by atoms with van der Waals surface area (Å²) in [6.07, 6.45) is 14.5. The lowest BCUT2D eigenvalue weighted by Crippen LogP contribution is -2.42. The highest BCUT2D eigenvalue weighted by molar-refractivity contribution is 5.57. The number of aromatic nitrogens is 2. The van der Waals surface area contributed by atoms with Crippen molar-refractivity contribution in [3.05, 3.63) is 41.8 Å². The summed E-state index contributed by atoms with van der Waals surface area (Å²) in [5.41, 5.74) is 1.97. The van der Waals surface area contributed by atoms with Gasteiger partial charge in [0.2, 0.25) is 5.95 Å². The van der Waals surface area contributed by atoms with Crippen LogP contribution >= 0.6 is 0 Å². The molecule has 7 heteroatoms. The number of halogens is 1. The lowest BCUT2D eigenvalue weighted by atomic mass is 9.87. The Morgan fingerprint density at radius 2 is 1.59 bits per heavy atom. The number of benzene rings is 1. The first kappa shape index (κ1) is 23.5. The van der Waals surface area contributed by atoms with Crippen molar-refractivity contribution in [2.24, 2.45) is 0 Å². The molecule has 2 heterocycles. The van der Waals surface area contributed by atoms with E-state index in [0.29, 0.717) is 17.9 Å². The zero-order valence-electron chi connectivity index (χ0n) is 20.1. The molecule has 6 nitrogen and oxygen atoms in total. The Labute approximate surface area is 202 Å². The van der Waals surface area contributed by atoms with E-state index in [1.165, 1.54) is 49.8 Å². The highest BCUT2D eigenvalue weighted by atomic mass is 19.1. The van der Waals surface area contributed by atoms with Crippen molar-refractivity contribution in [3.8, 4) is 0 Å². The van der Waals surface area contributed by atoms with Crippen LogP contribution in [-0.4, -0.2) is 51.3 Å². The summed E-state index contributed by atoms with van der Waals surface area (Å²) in [5, 5.41) is 16.8. The zero-order valence-corrected chi connectivity index (χ0v) is 20.1. The molecule has 0 radical (unpaired) electrons. The first-order valence-electron chi connectivity index (χ1n) is 13.2. The SMILES string of the molecule is OC1CCC(Nc2nc(Nc3ccc(F)cc3)ncc2C2CCN(C3CCCCC3)CC2)CC1. The molecule has 1 aliphatic heterocycles. The molecule has 0 spiro atoms. The number of hydrogen-bond donors (Lipinski definition) is 3. The topological polar surface area (TPSA) is 73.3 Å². The molecule has 0 unspecified atom stereocenters. The van der Waals surface area contributed by atoms with Gasteiger partial charge in [-0.25, -0.2) is 9.37 Å². The van der Waals surface area contributed by atoms with E-state index in [-0.39, 0.29) is 11.9 Å². The van der Waals surface area contributed by atoms with E-state index < -0.39 is 0 Å². The number of likely N-dealkylation sites (tertiary alicyclic amines) is 1. The number of aliphatic hydroxyl groups is 1. The molecule has 34 heavy (non-hydrogen) atoms. The third kappa shape index (κ3) is 5.87. The number of piperidine rings is 1. The Bertz CT molecular complexity index is 917. The minimum atomic E-state index is -0.261. The third-order valence-corrected chi connectivity index (χ3v) is 8.02. The lowest BCUT2D eigenvalue weighted by molar-refractivity contribution is 0.122. The molecule has 1 saturated heterocycles. The van der Waals surface area contributed by atoms with Gasteiger partial charge >= 0.3 is 0 Å². The quantitative estimate of drug-likeness (QED) is 0.515. The van der Waals surface area contributed by atoms with Crippen LogP contribution in [0.5, 0.6) is 0 Å². The zero-order chi connectivity index (χ0) is 23.3. The van der Waals surface area contributed by atoms with Gasteiger partial charge in [0.1, 0.15) is 11.6 Å². The van der Waals surface area contributed by atoms with E-state index >= 15 is 0 Å². The van der Waals surface area contributed by atoms with Crippen molar-refractivity contribution in [2.45, 2.75) is 94.7 Å². The van der Waals surface area contributed by atoms with Crippen molar-refractivity contribution in [3.63, 3.8) is 0 Å². The fourth-order valence-electron chi connectivity index (χ4n) is 5.96. The molecule has 3 fully saturated rings. The van der Waals surface area contributed by atoms with Gasteiger partial charge in [-0.15, -0.1) is 0 Å². The highest BCUT2D eigenvalue weighted by Crippen LogP contribution is 2.36. The number of rotatable bonds is 6. The Morgan fingerprint density at radius 3 is 2.29 bits per heavy atom. The van der Waals surface area contributed by atoms with E-state index in [1.807, 2.05) is 6.20 Å². The first-order valence-corrected chi connectivity index (χ1v) is 13.2. The maximum absolute atomic E-state index is 13.3. The van der Waals surface area contributed by atoms with Crippen LogP contribution in [0.2, 0.25) is 0 Å². The number of nitrogens with one attached hydrogen (secondary N) is 2. The van der Waals surface area contributed by atoms with Crippen LogP contribution in [0.4, 0.5) is 21.8 Å². The minimum absolute atomic E-state index is 0.178. The molecule has 0 amide bonds. The molecule has 2 aliphatic carbocycles. The number of aliphatic hydroxyl groups excluding tert-OH is 1. The summed E-state index contributed by atoms with van der Waals surface area (Å²) in [6.45, 7) is 2.31. The number of anilines is 3. The molecule has 2 aromatic rings. The third-order valence-electron chi connectivity index (χ3n) is 8.02. The van der Waals surface area contributed by atoms with Crippen LogP contribution in [0.25, 0.3) is 0 Å². The van der Waals surface area contributed by atoms with Gasteiger partial charge in [0, 0.05) is 29.5 Å². The van der Waals surface area contributed by atoms with Crippen LogP contribution in [0.3, 0.4) is 0 Å². The van der Waals surface area contributed by atoms with E-state index in [1.54, 1.807) is 12.1 Å². The van der Waals surface area contributed by atoms with Gasteiger partial charge in [-0.3, -0.25) is 0 Å². The fourth-order valence-corrected chi connectivity index (χ4v) is 5.96. The van der Waals surface area contributed by atoms with Gasteiger partial charge in [-0.2, -0.15) is 4.98 Å². The molecule has 0 bridgehead atoms. The van der Waals surface area contributed by atoms with Gasteiger partial charge in [-0.1, -0.05) is 19.3 Å². The normalized spacial score (nSPS) is 25.2. The fraction of sp³-hybridized carbons (Fsp3) is 0.630. The largest absolute Gasteiger partial charge is 0.393 e. The van der Waals surface area contributed by atoms with Crippen molar-refractivity contribution in [1.82, 2.24) is 14.9 Å². The van der Waals surface area contributed by atoms with Crippen LogP contribution in [0.15, 0.2) is 30.5 Å². The Balaban J connectivity index is 1.31. The van der Waals surface area contributed by atoms with Gasteiger partial charge in [0.25, 0.3) is 0 Å². The molecule has 1 aromatic carbocycles. The second kappa shape index (κ2) is 11.0. The van der Waals surface area contributed by atoms with E-state index in [4.69, 9.17) is 4.98 Å². The minimum Gasteiger partial charge on any atom is -0.393 e. The maximum Gasteiger partial charge on any atom is 0.229 e. The number of nitrogens with zero attached hydrogens (tertiary/aromatic N) is 3. The molecule has 1 aromatic heterocycles. The van der Waals surface area contributed by atoms with E-state index in [2.05, 4.69) is 20.5 Å². The van der Waals surface area contributed by atoms with Gasteiger partial charge < -0.3 is 20.6 Å². The van der Waals surface area contributed by atoms with Crippen LogP contribution in [0.1, 0.15) is 82.1 Å². The first-order chi connectivity index (χ1) is 16.6. The van der Waals surface area contributed by atoms with Crippen LogP contribution in [0, 0.1) is 5.82 Å². The molecule has 184 valence electrons. The Morgan fingerprint density at radius 1 is 0.882 bits per heavy atom. The molecular weight excluding hydrogens is 429 g/mol. The Hall–Kier alpha value is -2.25. The van der Waals surface area contributed by atoms with Gasteiger partial charge in [0.15, 0.2) is 0 Å². The van der Waals surface area contributed by atoms with Crippen molar-refractivity contribution in [1.29, 1.82) is 0 Å². The van der Waals surface area contributed by atoms with Crippen molar-refractivity contribution < 1.29 is 9.50 Å². The second-order valence-electron chi connectivity index (χ2n) is 10.4. The Kier molecular flexibility index (Phi) is 7.60. The molecule has 3 N–H and O–H groups in total. The summed E-state index contributed by atoms with van der Waals surface area (Å²) in [4.78, 5) is 12.2. The predicted molar refractivity (Wildman–Crippen MR) is 134 cm³/mol. The molecule has 3 aliphatic rings. The molecular formula is C27H38FN5O. The average Bonchev–Trinajstić information content (AvgIpc) is 2.88. The van der Waals surface area contributed by atoms with Crippen LogP contribution < -0.4 is 10.6 Å². The monoisotopic (exact) mass is 467 g/mol. The van der Waals surface area contributed by atoms with Crippen molar-refractivity contribution in [2.75, 3.05) is 23.7 Å². The smallest absolute Gasteiger partial charge is 0.229 e. The maximum atomic E-state index is 13.3. The average molecular weight is 468 g/mol. The standard InChI is InChI=1S/C27H38FN5O/c28-20-6-8-22(9-7-20)31-27-29-18-25(26(32-27)30-21-10-12-24(34)13-11-21)19-14-16-33(17-15-19)23-4-2-1-3-5-23/h6-9,18-19,21,23-24,34H,1-5,10-17H2,(H2,29,30,31,32).